The van der Waals surface area contributed by atoms with E-state index in [4.69, 9.17) is 0 Å². The normalized spacial score (nSPS) is 61.8. The number of hydrogen-bond donors (Lipinski definition) is 0. The van der Waals surface area contributed by atoms with Gasteiger partial charge in [-0.2, -0.15) is 0 Å². The molecule has 0 saturated heterocycles. The standard InChI is InChI=1S/C19H23BrO2/c1-9-10-4-7-19-13(17(10,2)6-5-12(9)20)8-11-14(15(19)21)18(11,3)16(19)22/h10-14H,1,4-8H2,2-3H3/t10-,11-,12+,13+,14?,17-,18-,19+/m1/s1. The lowest BCUT2D eigenvalue weighted by Gasteiger charge is -2.61. The third-order valence-electron chi connectivity index (χ3n) is 8.62. The van der Waals surface area contributed by atoms with Crippen LogP contribution in [0.4, 0.5) is 0 Å². The van der Waals surface area contributed by atoms with Crippen LogP contribution in [-0.4, -0.2) is 16.4 Å². The fourth-order valence-electron chi connectivity index (χ4n) is 7.39. The third kappa shape index (κ3) is 1.12. The predicted molar refractivity (Wildman–Crippen MR) is 87.6 cm³/mol. The molecule has 1 unspecified atom stereocenters. The molecule has 118 valence electrons. The lowest BCUT2D eigenvalue weighted by atomic mass is 9.42. The van der Waals surface area contributed by atoms with Crippen LogP contribution in [0.3, 0.4) is 0 Å². The van der Waals surface area contributed by atoms with Gasteiger partial charge in [-0.05, 0) is 55.3 Å². The Morgan fingerprint density at radius 3 is 2.55 bits per heavy atom. The molecule has 8 atom stereocenters. The lowest BCUT2D eigenvalue weighted by molar-refractivity contribution is -0.166. The van der Waals surface area contributed by atoms with E-state index >= 15 is 0 Å². The highest BCUT2D eigenvalue weighted by atomic mass is 79.9. The maximum absolute atomic E-state index is 13.2. The summed E-state index contributed by atoms with van der Waals surface area (Å²) in [6.45, 7) is 8.78. The minimum absolute atomic E-state index is 0.0760. The quantitative estimate of drug-likeness (QED) is 0.371. The first-order chi connectivity index (χ1) is 10.3. The van der Waals surface area contributed by atoms with E-state index < -0.39 is 5.41 Å². The van der Waals surface area contributed by atoms with Crippen molar-refractivity contribution in [1.82, 2.24) is 0 Å². The van der Waals surface area contributed by atoms with Gasteiger partial charge < -0.3 is 0 Å². The molecule has 3 heteroatoms. The molecule has 0 N–H and O–H groups in total. The summed E-state index contributed by atoms with van der Waals surface area (Å²) in [4.78, 5) is 26.7. The highest BCUT2D eigenvalue weighted by Crippen LogP contribution is 2.81. The maximum atomic E-state index is 13.2. The summed E-state index contributed by atoms with van der Waals surface area (Å²) in [5.74, 6) is 1.82. The van der Waals surface area contributed by atoms with Gasteiger partial charge in [0, 0.05) is 16.2 Å². The van der Waals surface area contributed by atoms with Gasteiger partial charge in [0.1, 0.15) is 0 Å². The second-order valence-corrected chi connectivity index (χ2v) is 10.1. The Hall–Kier alpha value is -0.440. The van der Waals surface area contributed by atoms with Gasteiger partial charge in [0.05, 0.1) is 5.41 Å². The molecule has 0 aromatic rings. The summed E-state index contributed by atoms with van der Waals surface area (Å²) in [5, 5.41) is 0. The van der Waals surface area contributed by atoms with Gasteiger partial charge in [-0.25, -0.2) is 0 Å². The fourth-order valence-corrected chi connectivity index (χ4v) is 7.94. The number of hydrogen-bond acceptors (Lipinski definition) is 2. The second-order valence-electron chi connectivity index (χ2n) is 9.00. The van der Waals surface area contributed by atoms with Crippen molar-refractivity contribution in [3.05, 3.63) is 12.2 Å². The molecule has 0 amide bonds. The zero-order valence-corrected chi connectivity index (χ0v) is 14.9. The Kier molecular flexibility index (Phi) is 2.30. The molecule has 0 radical (unpaired) electrons. The first-order valence-electron chi connectivity index (χ1n) is 8.71. The zero-order valence-electron chi connectivity index (χ0n) is 13.3. The summed E-state index contributed by atoms with van der Waals surface area (Å²) >= 11 is 3.77. The van der Waals surface area contributed by atoms with Crippen LogP contribution in [0, 0.1) is 39.9 Å². The van der Waals surface area contributed by atoms with Crippen LogP contribution in [-0.2, 0) is 9.59 Å². The lowest BCUT2D eigenvalue weighted by Crippen LogP contribution is -2.61. The Balaban J connectivity index is 1.64. The number of Topliss-reactive ketones (excluding diaryl/α,β-unsaturated/α-hetero) is 2. The number of rotatable bonds is 0. The molecule has 6 fully saturated rings. The molecule has 6 aliphatic rings. The molecular formula is C19H23BrO2. The minimum Gasteiger partial charge on any atom is -0.298 e. The summed E-state index contributed by atoms with van der Waals surface area (Å²) < 4.78 is 0. The molecule has 1 spiro atoms. The predicted octanol–water partition coefficient (Wildman–Crippen LogP) is 3.93. The highest BCUT2D eigenvalue weighted by molar-refractivity contribution is 9.09. The van der Waals surface area contributed by atoms with Crippen LogP contribution < -0.4 is 0 Å². The monoisotopic (exact) mass is 362 g/mol. The van der Waals surface area contributed by atoms with Gasteiger partial charge >= 0.3 is 0 Å². The number of ketones is 2. The van der Waals surface area contributed by atoms with E-state index in [9.17, 15) is 9.59 Å². The average Bonchev–Trinajstić information content (AvgIpc) is 3.07. The molecule has 4 bridgehead atoms. The van der Waals surface area contributed by atoms with Gasteiger partial charge in [-0.15, -0.1) is 0 Å². The van der Waals surface area contributed by atoms with Crippen molar-refractivity contribution < 1.29 is 9.59 Å². The summed E-state index contributed by atoms with van der Waals surface area (Å²) in [6, 6.07) is 0. The molecule has 6 saturated carbocycles. The molecule has 0 heterocycles. The number of carbonyl (C=O) groups excluding carboxylic acids is 2. The average molecular weight is 363 g/mol. The molecule has 6 aliphatic carbocycles. The molecular weight excluding hydrogens is 340 g/mol. The summed E-state index contributed by atoms with van der Waals surface area (Å²) in [6.07, 6.45) is 5.07. The van der Waals surface area contributed by atoms with Crippen LogP contribution in [0.25, 0.3) is 0 Å². The van der Waals surface area contributed by atoms with E-state index in [0.717, 1.165) is 32.1 Å². The van der Waals surface area contributed by atoms with Crippen LogP contribution in [0.1, 0.15) is 46.0 Å². The third-order valence-corrected chi connectivity index (χ3v) is 9.66. The molecule has 6 rings (SSSR count). The van der Waals surface area contributed by atoms with Crippen LogP contribution >= 0.6 is 15.9 Å². The molecule has 0 aromatic heterocycles. The fraction of sp³-hybridized carbons (Fsp3) is 0.789. The Labute approximate surface area is 140 Å². The highest BCUT2D eigenvalue weighted by Gasteiger charge is 2.87. The van der Waals surface area contributed by atoms with Crippen LogP contribution in [0.15, 0.2) is 12.2 Å². The Bertz CT molecular complexity index is 654. The van der Waals surface area contributed by atoms with Gasteiger partial charge in [-0.3, -0.25) is 9.59 Å². The largest absolute Gasteiger partial charge is 0.298 e. The van der Waals surface area contributed by atoms with E-state index in [1.54, 1.807) is 0 Å². The Morgan fingerprint density at radius 2 is 1.91 bits per heavy atom. The molecule has 0 aliphatic heterocycles. The first kappa shape index (κ1) is 13.9. The smallest absolute Gasteiger partial charge is 0.153 e. The molecule has 0 aromatic carbocycles. The van der Waals surface area contributed by atoms with Crippen LogP contribution in [0.2, 0.25) is 0 Å². The number of alkyl halides is 1. The summed E-state index contributed by atoms with van der Waals surface area (Å²) in [5.41, 5.74) is 0.516. The van der Waals surface area contributed by atoms with Crippen molar-refractivity contribution in [3.8, 4) is 0 Å². The van der Waals surface area contributed by atoms with Crippen molar-refractivity contribution in [1.29, 1.82) is 0 Å². The molecule has 22 heavy (non-hydrogen) atoms. The van der Waals surface area contributed by atoms with Crippen molar-refractivity contribution in [2.24, 2.45) is 39.9 Å². The summed E-state index contributed by atoms with van der Waals surface area (Å²) in [7, 11) is 0. The van der Waals surface area contributed by atoms with Crippen molar-refractivity contribution in [2.75, 3.05) is 0 Å². The topological polar surface area (TPSA) is 34.1 Å². The van der Waals surface area contributed by atoms with E-state index in [0.29, 0.717) is 28.2 Å². The number of halogens is 1. The van der Waals surface area contributed by atoms with E-state index in [-0.39, 0.29) is 22.7 Å². The SMILES string of the molecule is C=C1[C@H]2CC[C@@]34C(=O)C5[C@@H](C[C@H]3[C@]2(C)CC[C@@H]1Br)[C@@]5(C)C4=O. The van der Waals surface area contributed by atoms with Crippen molar-refractivity contribution in [2.45, 2.75) is 50.8 Å². The van der Waals surface area contributed by atoms with E-state index in [1.807, 2.05) is 0 Å². The molecule has 2 nitrogen and oxygen atoms in total. The van der Waals surface area contributed by atoms with Crippen LogP contribution in [0.5, 0.6) is 0 Å². The van der Waals surface area contributed by atoms with Gasteiger partial charge in [0.2, 0.25) is 0 Å². The number of carbonyl (C=O) groups is 2. The van der Waals surface area contributed by atoms with Gasteiger partial charge in [0.15, 0.2) is 11.6 Å². The van der Waals surface area contributed by atoms with E-state index in [1.165, 1.54) is 5.57 Å². The van der Waals surface area contributed by atoms with Gasteiger partial charge in [-0.1, -0.05) is 41.9 Å². The minimum atomic E-state index is -0.612. The second kappa shape index (κ2) is 3.63. The maximum Gasteiger partial charge on any atom is 0.153 e. The van der Waals surface area contributed by atoms with Crippen molar-refractivity contribution >= 4 is 27.5 Å². The van der Waals surface area contributed by atoms with Crippen molar-refractivity contribution in [3.63, 3.8) is 0 Å². The first-order valence-corrected chi connectivity index (χ1v) is 9.63. The zero-order chi connectivity index (χ0) is 15.7. The van der Waals surface area contributed by atoms with Gasteiger partial charge in [0.25, 0.3) is 0 Å². The Morgan fingerprint density at radius 1 is 1.18 bits per heavy atom. The van der Waals surface area contributed by atoms with E-state index in [2.05, 4.69) is 36.4 Å². The number of allylic oxidation sites excluding steroid dienone is 1. The number of fused-ring (bicyclic) bond motifs is 1.